The van der Waals surface area contributed by atoms with Gasteiger partial charge in [0, 0.05) is 9.37 Å². The number of halogens is 1. The van der Waals surface area contributed by atoms with Crippen molar-refractivity contribution in [1.82, 2.24) is 0 Å². The lowest BCUT2D eigenvalue weighted by molar-refractivity contribution is -0.136. The third-order valence-electron chi connectivity index (χ3n) is 2.91. The van der Waals surface area contributed by atoms with Gasteiger partial charge < -0.3 is 5.11 Å². The summed E-state index contributed by atoms with van der Waals surface area (Å²) in [5.41, 5.74) is 2.20. The first-order valence-corrected chi connectivity index (χ1v) is 7.92. The van der Waals surface area contributed by atoms with E-state index < -0.39 is 11.2 Å². The van der Waals surface area contributed by atoms with Crippen LogP contribution in [0.2, 0.25) is 0 Å². The summed E-state index contributed by atoms with van der Waals surface area (Å²) in [6, 6.07) is 15.7. The Morgan fingerprint density at radius 2 is 1.75 bits per heavy atom. The number of rotatable bonds is 5. The van der Waals surface area contributed by atoms with Crippen molar-refractivity contribution in [2.24, 2.45) is 0 Å². The summed E-state index contributed by atoms with van der Waals surface area (Å²) in [7, 11) is 0. The van der Waals surface area contributed by atoms with Gasteiger partial charge in [0.1, 0.15) is 5.25 Å². The maximum absolute atomic E-state index is 11.4. The number of benzene rings is 2. The van der Waals surface area contributed by atoms with Gasteiger partial charge in [-0.2, -0.15) is 0 Å². The normalized spacial score (nSPS) is 12.1. The molecule has 0 spiro atoms. The third-order valence-corrected chi connectivity index (χ3v) is 4.63. The molecule has 1 unspecified atom stereocenters. The molecule has 1 atom stereocenters. The monoisotopic (exact) mass is 350 g/mol. The smallest absolute Gasteiger partial charge is 0.317 e. The summed E-state index contributed by atoms with van der Waals surface area (Å²) in [5.74, 6) is -0.779. The van der Waals surface area contributed by atoms with E-state index in [1.165, 1.54) is 17.3 Å². The maximum Gasteiger partial charge on any atom is 0.317 e. The van der Waals surface area contributed by atoms with Crippen molar-refractivity contribution in [2.75, 3.05) is 0 Å². The van der Waals surface area contributed by atoms with Gasteiger partial charge in [-0.25, -0.2) is 0 Å². The second-order valence-electron chi connectivity index (χ2n) is 4.59. The third kappa shape index (κ3) is 4.39. The predicted molar refractivity (Wildman–Crippen MR) is 86.3 cm³/mol. The number of carboxylic acids is 1. The molecule has 0 saturated heterocycles. The molecule has 2 rings (SSSR count). The number of hydrogen-bond acceptors (Lipinski definition) is 2. The Kier molecular flexibility index (Phi) is 5.26. The van der Waals surface area contributed by atoms with Crippen molar-refractivity contribution in [3.05, 3.63) is 64.1 Å². The Bertz CT molecular complexity index is 531. The first-order valence-electron chi connectivity index (χ1n) is 6.25. The Morgan fingerprint density at radius 3 is 2.30 bits per heavy atom. The zero-order valence-electron chi connectivity index (χ0n) is 11.0. The van der Waals surface area contributed by atoms with Gasteiger partial charge in [0.05, 0.1) is 0 Å². The number of carboxylic acid groups (broad SMARTS) is 1. The number of aliphatic carboxylic acids is 1. The largest absolute Gasteiger partial charge is 0.480 e. The van der Waals surface area contributed by atoms with E-state index in [9.17, 15) is 9.90 Å². The zero-order valence-corrected chi connectivity index (χ0v) is 13.4. The van der Waals surface area contributed by atoms with E-state index in [0.717, 1.165) is 14.9 Å². The van der Waals surface area contributed by atoms with Gasteiger partial charge in [0.25, 0.3) is 0 Å². The van der Waals surface area contributed by atoms with E-state index in [0.29, 0.717) is 6.42 Å². The molecule has 0 heterocycles. The highest BCUT2D eigenvalue weighted by Crippen LogP contribution is 2.26. The molecular formula is C16H15BrO2S. The van der Waals surface area contributed by atoms with Crippen LogP contribution in [0.1, 0.15) is 11.1 Å². The average Bonchev–Trinajstić information content (AvgIpc) is 2.42. The summed E-state index contributed by atoms with van der Waals surface area (Å²) in [6.07, 6.45) is 0.515. The molecule has 0 aliphatic rings. The summed E-state index contributed by atoms with van der Waals surface area (Å²) in [4.78, 5) is 12.4. The fraction of sp³-hybridized carbons (Fsp3) is 0.188. The highest BCUT2D eigenvalue weighted by Gasteiger charge is 2.19. The van der Waals surface area contributed by atoms with Crippen molar-refractivity contribution in [3.8, 4) is 0 Å². The van der Waals surface area contributed by atoms with E-state index in [2.05, 4.69) is 15.9 Å². The van der Waals surface area contributed by atoms with Crippen LogP contribution in [0.25, 0.3) is 0 Å². The van der Waals surface area contributed by atoms with Gasteiger partial charge in [0.2, 0.25) is 0 Å². The molecule has 0 saturated carbocycles. The standard InChI is InChI=1S/C16H15BrO2S/c1-11-2-8-14(9-3-11)20-15(16(18)19)10-12-4-6-13(17)7-5-12/h2-9,15H,10H2,1H3,(H,18,19). The molecule has 0 fully saturated rings. The molecule has 2 nitrogen and oxygen atoms in total. The van der Waals surface area contributed by atoms with Crippen LogP contribution in [-0.4, -0.2) is 16.3 Å². The first-order chi connectivity index (χ1) is 9.54. The van der Waals surface area contributed by atoms with Crippen LogP contribution in [0.5, 0.6) is 0 Å². The van der Waals surface area contributed by atoms with Gasteiger partial charge in [-0.1, -0.05) is 45.8 Å². The minimum atomic E-state index is -0.779. The Hall–Kier alpha value is -1.26. The van der Waals surface area contributed by atoms with E-state index in [1.54, 1.807) is 0 Å². The van der Waals surface area contributed by atoms with E-state index >= 15 is 0 Å². The topological polar surface area (TPSA) is 37.3 Å². The minimum absolute atomic E-state index is 0.473. The quantitative estimate of drug-likeness (QED) is 0.804. The molecule has 1 N–H and O–H groups in total. The molecule has 104 valence electrons. The maximum atomic E-state index is 11.4. The molecule has 0 bridgehead atoms. The molecule has 0 aliphatic heterocycles. The lowest BCUT2D eigenvalue weighted by Gasteiger charge is -2.12. The van der Waals surface area contributed by atoms with E-state index in [-0.39, 0.29) is 0 Å². The van der Waals surface area contributed by atoms with Crippen molar-refractivity contribution in [3.63, 3.8) is 0 Å². The summed E-state index contributed by atoms with van der Waals surface area (Å²) < 4.78 is 0.999. The fourth-order valence-electron chi connectivity index (χ4n) is 1.80. The van der Waals surface area contributed by atoms with Gasteiger partial charge in [0.15, 0.2) is 0 Å². The second-order valence-corrected chi connectivity index (χ2v) is 6.78. The fourth-order valence-corrected chi connectivity index (χ4v) is 3.06. The van der Waals surface area contributed by atoms with Crippen LogP contribution in [-0.2, 0) is 11.2 Å². The lowest BCUT2D eigenvalue weighted by Crippen LogP contribution is -2.19. The van der Waals surface area contributed by atoms with Crippen molar-refractivity contribution in [2.45, 2.75) is 23.5 Å². The zero-order chi connectivity index (χ0) is 14.5. The Morgan fingerprint density at radius 1 is 1.15 bits per heavy atom. The van der Waals surface area contributed by atoms with Crippen LogP contribution in [0.4, 0.5) is 0 Å². The van der Waals surface area contributed by atoms with Crippen molar-refractivity contribution in [1.29, 1.82) is 0 Å². The summed E-state index contributed by atoms with van der Waals surface area (Å²) in [5, 5.41) is 8.90. The van der Waals surface area contributed by atoms with Crippen LogP contribution in [0, 0.1) is 6.92 Å². The highest BCUT2D eigenvalue weighted by molar-refractivity contribution is 9.10. The molecule has 2 aromatic carbocycles. The first kappa shape index (κ1) is 15.1. The van der Waals surface area contributed by atoms with Crippen molar-refractivity contribution >= 4 is 33.7 Å². The average molecular weight is 351 g/mol. The summed E-state index contributed by atoms with van der Waals surface area (Å²) in [6.45, 7) is 2.02. The van der Waals surface area contributed by atoms with Crippen LogP contribution < -0.4 is 0 Å². The van der Waals surface area contributed by atoms with Crippen LogP contribution in [0.3, 0.4) is 0 Å². The molecule has 2 aromatic rings. The number of thioether (sulfide) groups is 1. The molecule has 0 aromatic heterocycles. The minimum Gasteiger partial charge on any atom is -0.480 e. The molecule has 0 aliphatic carbocycles. The van der Waals surface area contributed by atoms with Gasteiger partial charge in [-0.05, 0) is 43.2 Å². The highest BCUT2D eigenvalue weighted by atomic mass is 79.9. The van der Waals surface area contributed by atoms with Crippen LogP contribution >= 0.6 is 27.7 Å². The molecule has 4 heteroatoms. The molecular weight excluding hydrogens is 336 g/mol. The van der Waals surface area contributed by atoms with Gasteiger partial charge in [-0.3, -0.25) is 4.79 Å². The second kappa shape index (κ2) is 6.95. The number of aryl methyl sites for hydroxylation is 1. The SMILES string of the molecule is Cc1ccc(SC(Cc2ccc(Br)cc2)C(=O)O)cc1. The van der Waals surface area contributed by atoms with Crippen molar-refractivity contribution < 1.29 is 9.90 Å². The van der Waals surface area contributed by atoms with Crippen LogP contribution in [0.15, 0.2) is 57.9 Å². The summed E-state index contributed by atoms with van der Waals surface area (Å²) >= 11 is 4.77. The van der Waals surface area contributed by atoms with Gasteiger partial charge >= 0.3 is 5.97 Å². The predicted octanol–water partition coefficient (Wildman–Crippen LogP) is 4.55. The Balaban J connectivity index is 2.09. The lowest BCUT2D eigenvalue weighted by atomic mass is 10.1. The molecule has 20 heavy (non-hydrogen) atoms. The van der Waals surface area contributed by atoms with E-state index in [1.807, 2.05) is 55.5 Å². The number of carbonyl (C=O) groups is 1. The van der Waals surface area contributed by atoms with Gasteiger partial charge in [-0.15, -0.1) is 11.8 Å². The number of hydrogen-bond donors (Lipinski definition) is 1. The van der Waals surface area contributed by atoms with E-state index in [4.69, 9.17) is 0 Å². The molecule has 0 amide bonds. The Labute approximate surface area is 131 Å². The molecule has 0 radical (unpaired) electrons.